The molecule has 1 aliphatic heterocycles. The number of pyridine rings is 1. The highest BCUT2D eigenvalue weighted by Gasteiger charge is 2.21. The highest BCUT2D eigenvalue weighted by atomic mass is 19.1. The van der Waals surface area contributed by atoms with Crippen molar-refractivity contribution in [2.75, 3.05) is 31.1 Å². The zero-order chi connectivity index (χ0) is 20.4. The van der Waals surface area contributed by atoms with Crippen LogP contribution in [0.4, 0.5) is 14.5 Å². The van der Waals surface area contributed by atoms with Crippen LogP contribution in [0.3, 0.4) is 0 Å². The molecular weight excluding hydrogens is 372 g/mol. The Balaban J connectivity index is 1.51. The second kappa shape index (κ2) is 8.15. The standard InChI is InChI=1S/C23H23F2N3O/c1-16-13-21(19-7-3-8-20(25)23(19)26-16)27-9-4-10-28(12-11-27)22(29)15-17-5-2-6-18(24)14-17/h2-3,5-8,13-14H,4,9-12,15H2,1H3. The van der Waals surface area contributed by atoms with E-state index in [9.17, 15) is 13.6 Å². The number of rotatable bonds is 3. The highest BCUT2D eigenvalue weighted by Crippen LogP contribution is 2.29. The molecule has 1 fully saturated rings. The summed E-state index contributed by atoms with van der Waals surface area (Å²) >= 11 is 0. The molecule has 29 heavy (non-hydrogen) atoms. The summed E-state index contributed by atoms with van der Waals surface area (Å²) in [5.74, 6) is -0.655. The number of para-hydroxylation sites is 1. The summed E-state index contributed by atoms with van der Waals surface area (Å²) in [5.41, 5.74) is 2.78. The molecule has 1 aliphatic rings. The van der Waals surface area contributed by atoms with Crippen molar-refractivity contribution in [2.24, 2.45) is 0 Å². The van der Waals surface area contributed by atoms with E-state index in [-0.39, 0.29) is 24.0 Å². The summed E-state index contributed by atoms with van der Waals surface area (Å²) in [5, 5.41) is 0.787. The van der Waals surface area contributed by atoms with E-state index < -0.39 is 0 Å². The molecule has 0 radical (unpaired) electrons. The number of aryl methyl sites for hydroxylation is 1. The van der Waals surface area contributed by atoms with Gasteiger partial charge in [-0.15, -0.1) is 0 Å². The van der Waals surface area contributed by atoms with Gasteiger partial charge in [-0.3, -0.25) is 4.79 Å². The molecule has 2 heterocycles. The summed E-state index contributed by atoms with van der Waals surface area (Å²) in [6.07, 6.45) is 1.01. The lowest BCUT2D eigenvalue weighted by Gasteiger charge is -2.25. The Bertz CT molecular complexity index is 1050. The maximum Gasteiger partial charge on any atom is 0.227 e. The fourth-order valence-corrected chi connectivity index (χ4v) is 3.92. The largest absolute Gasteiger partial charge is 0.369 e. The van der Waals surface area contributed by atoms with Gasteiger partial charge in [0.15, 0.2) is 0 Å². The third-order valence-corrected chi connectivity index (χ3v) is 5.33. The van der Waals surface area contributed by atoms with Gasteiger partial charge in [-0.1, -0.05) is 24.3 Å². The third-order valence-electron chi connectivity index (χ3n) is 5.33. The van der Waals surface area contributed by atoms with Gasteiger partial charge < -0.3 is 9.80 Å². The molecule has 1 aromatic heterocycles. The first-order chi connectivity index (χ1) is 14.0. The summed E-state index contributed by atoms with van der Waals surface area (Å²) in [6.45, 7) is 4.53. The minimum Gasteiger partial charge on any atom is -0.369 e. The molecule has 150 valence electrons. The van der Waals surface area contributed by atoms with E-state index in [0.717, 1.165) is 29.7 Å². The number of carbonyl (C=O) groups is 1. The molecule has 0 bridgehead atoms. The van der Waals surface area contributed by atoms with Gasteiger partial charge in [-0.05, 0) is 43.2 Å². The van der Waals surface area contributed by atoms with Crippen molar-refractivity contribution < 1.29 is 13.6 Å². The molecule has 1 saturated heterocycles. The van der Waals surface area contributed by atoms with E-state index in [1.165, 1.54) is 18.2 Å². The number of benzene rings is 2. The quantitative estimate of drug-likeness (QED) is 0.670. The van der Waals surface area contributed by atoms with Crippen LogP contribution in [0.2, 0.25) is 0 Å². The molecule has 0 unspecified atom stereocenters. The summed E-state index contributed by atoms with van der Waals surface area (Å²) in [6, 6.07) is 13.2. The topological polar surface area (TPSA) is 36.4 Å². The summed E-state index contributed by atoms with van der Waals surface area (Å²) < 4.78 is 27.6. The molecule has 0 N–H and O–H groups in total. The molecule has 0 spiro atoms. The van der Waals surface area contributed by atoms with Crippen molar-refractivity contribution in [1.82, 2.24) is 9.88 Å². The molecule has 1 amide bonds. The second-order valence-electron chi connectivity index (χ2n) is 7.45. The van der Waals surface area contributed by atoms with Crippen LogP contribution in [0.15, 0.2) is 48.5 Å². The molecule has 2 aromatic carbocycles. The Morgan fingerprint density at radius 3 is 2.69 bits per heavy atom. The average molecular weight is 395 g/mol. The first-order valence-corrected chi connectivity index (χ1v) is 9.84. The molecular formula is C23H23F2N3O. The Kier molecular flexibility index (Phi) is 5.43. The molecule has 6 heteroatoms. The normalized spacial score (nSPS) is 14.9. The van der Waals surface area contributed by atoms with E-state index in [1.54, 1.807) is 18.2 Å². The van der Waals surface area contributed by atoms with Crippen molar-refractivity contribution in [3.63, 3.8) is 0 Å². The number of hydrogen-bond donors (Lipinski definition) is 0. The van der Waals surface area contributed by atoms with Crippen LogP contribution in [0.5, 0.6) is 0 Å². The number of amides is 1. The van der Waals surface area contributed by atoms with Crippen molar-refractivity contribution in [3.05, 3.63) is 71.4 Å². The van der Waals surface area contributed by atoms with Crippen molar-refractivity contribution in [3.8, 4) is 0 Å². The van der Waals surface area contributed by atoms with Crippen LogP contribution in [-0.4, -0.2) is 42.0 Å². The van der Waals surface area contributed by atoms with Gasteiger partial charge in [0.1, 0.15) is 17.2 Å². The second-order valence-corrected chi connectivity index (χ2v) is 7.45. The van der Waals surface area contributed by atoms with Crippen molar-refractivity contribution in [2.45, 2.75) is 19.8 Å². The Labute approximate surface area is 168 Å². The van der Waals surface area contributed by atoms with Crippen LogP contribution in [-0.2, 0) is 11.2 Å². The van der Waals surface area contributed by atoms with E-state index in [2.05, 4.69) is 9.88 Å². The number of anilines is 1. The molecule has 0 saturated carbocycles. The van der Waals surface area contributed by atoms with Gasteiger partial charge in [0, 0.05) is 42.9 Å². The predicted molar refractivity (Wildman–Crippen MR) is 110 cm³/mol. The first-order valence-electron chi connectivity index (χ1n) is 9.84. The molecule has 3 aromatic rings. The van der Waals surface area contributed by atoms with Crippen molar-refractivity contribution in [1.29, 1.82) is 0 Å². The summed E-state index contributed by atoms with van der Waals surface area (Å²) in [7, 11) is 0. The van der Waals surface area contributed by atoms with E-state index in [4.69, 9.17) is 0 Å². The van der Waals surface area contributed by atoms with Crippen LogP contribution in [0, 0.1) is 18.6 Å². The Morgan fingerprint density at radius 1 is 1.03 bits per heavy atom. The SMILES string of the molecule is Cc1cc(N2CCCN(C(=O)Cc3cccc(F)c3)CC2)c2cccc(F)c2n1. The Hall–Kier alpha value is -3.02. The van der Waals surface area contributed by atoms with Crippen LogP contribution >= 0.6 is 0 Å². The first kappa shape index (κ1) is 19.3. The van der Waals surface area contributed by atoms with Gasteiger partial charge >= 0.3 is 0 Å². The lowest BCUT2D eigenvalue weighted by molar-refractivity contribution is -0.130. The average Bonchev–Trinajstić information content (AvgIpc) is 2.94. The zero-order valence-corrected chi connectivity index (χ0v) is 16.4. The molecule has 0 aliphatic carbocycles. The third kappa shape index (κ3) is 4.21. The zero-order valence-electron chi connectivity index (χ0n) is 16.4. The van der Waals surface area contributed by atoms with E-state index in [1.807, 2.05) is 24.0 Å². The maximum absolute atomic E-state index is 14.2. The van der Waals surface area contributed by atoms with Gasteiger partial charge in [0.2, 0.25) is 5.91 Å². The van der Waals surface area contributed by atoms with Crippen LogP contribution < -0.4 is 4.90 Å². The van der Waals surface area contributed by atoms with Gasteiger partial charge in [0.05, 0.1) is 6.42 Å². The van der Waals surface area contributed by atoms with E-state index in [0.29, 0.717) is 30.7 Å². The lowest BCUT2D eigenvalue weighted by Crippen LogP contribution is -2.36. The van der Waals surface area contributed by atoms with E-state index >= 15 is 0 Å². The fraction of sp³-hybridized carbons (Fsp3) is 0.304. The molecule has 4 rings (SSSR count). The Morgan fingerprint density at radius 2 is 1.86 bits per heavy atom. The summed E-state index contributed by atoms with van der Waals surface area (Å²) in [4.78, 5) is 21.1. The number of aromatic nitrogens is 1. The number of nitrogens with zero attached hydrogens (tertiary/aromatic N) is 3. The monoisotopic (exact) mass is 395 g/mol. The maximum atomic E-state index is 14.2. The fourth-order valence-electron chi connectivity index (χ4n) is 3.92. The number of fused-ring (bicyclic) bond motifs is 1. The lowest BCUT2D eigenvalue weighted by atomic mass is 10.1. The minimum atomic E-state index is -0.329. The van der Waals surface area contributed by atoms with Gasteiger partial charge in [0.25, 0.3) is 0 Å². The minimum absolute atomic E-state index is 0.000684. The van der Waals surface area contributed by atoms with Crippen LogP contribution in [0.1, 0.15) is 17.7 Å². The van der Waals surface area contributed by atoms with Gasteiger partial charge in [-0.25, -0.2) is 13.8 Å². The number of hydrogen-bond acceptors (Lipinski definition) is 3. The van der Waals surface area contributed by atoms with Crippen molar-refractivity contribution >= 4 is 22.5 Å². The van der Waals surface area contributed by atoms with Crippen LogP contribution in [0.25, 0.3) is 10.9 Å². The molecule has 0 atom stereocenters. The predicted octanol–water partition coefficient (Wildman–Crippen LogP) is 4.10. The number of carbonyl (C=O) groups excluding carboxylic acids is 1. The number of halogens is 2. The van der Waals surface area contributed by atoms with Gasteiger partial charge in [-0.2, -0.15) is 0 Å². The smallest absolute Gasteiger partial charge is 0.227 e. The highest BCUT2D eigenvalue weighted by molar-refractivity contribution is 5.92. The molecule has 4 nitrogen and oxygen atoms in total.